The Balaban J connectivity index is 1.61. The molecule has 1 aromatic heterocycles. The number of fused-ring (bicyclic) bond motifs is 1. The van der Waals surface area contributed by atoms with Crippen molar-refractivity contribution in [2.75, 3.05) is 13.1 Å². The molecule has 1 amide bonds. The van der Waals surface area contributed by atoms with Gasteiger partial charge in [0.2, 0.25) is 5.91 Å². The van der Waals surface area contributed by atoms with Gasteiger partial charge in [-0.15, -0.1) is 0 Å². The van der Waals surface area contributed by atoms with Gasteiger partial charge in [0.05, 0.1) is 11.1 Å². The third-order valence-electron chi connectivity index (χ3n) is 5.16. The number of nitrogens with one attached hydrogen (secondary N) is 1. The second kappa shape index (κ2) is 9.47. The minimum atomic E-state index is -0.248. The van der Waals surface area contributed by atoms with E-state index in [1.54, 1.807) is 6.07 Å². The van der Waals surface area contributed by atoms with Crippen molar-refractivity contribution in [3.8, 4) is 0 Å². The SMILES string of the molecule is CCN(CC)Cc1ccc(CNC(=O)Cn2nc(C)c3ccccc3c2=O)cc1. The summed E-state index contributed by atoms with van der Waals surface area (Å²) in [6.07, 6.45) is 0. The van der Waals surface area contributed by atoms with Gasteiger partial charge in [-0.1, -0.05) is 56.3 Å². The monoisotopic (exact) mass is 392 g/mol. The fourth-order valence-electron chi connectivity index (χ4n) is 3.37. The van der Waals surface area contributed by atoms with E-state index in [0.29, 0.717) is 11.9 Å². The molecule has 1 N–H and O–H groups in total. The summed E-state index contributed by atoms with van der Waals surface area (Å²) in [5.41, 5.74) is 2.77. The van der Waals surface area contributed by atoms with E-state index >= 15 is 0 Å². The number of hydrogen-bond acceptors (Lipinski definition) is 4. The molecule has 3 rings (SSSR count). The number of rotatable bonds is 8. The summed E-state index contributed by atoms with van der Waals surface area (Å²) in [6.45, 7) is 9.46. The van der Waals surface area contributed by atoms with Crippen LogP contribution < -0.4 is 10.9 Å². The zero-order valence-corrected chi connectivity index (χ0v) is 17.3. The van der Waals surface area contributed by atoms with Gasteiger partial charge in [0, 0.05) is 18.5 Å². The minimum Gasteiger partial charge on any atom is -0.350 e. The molecule has 0 aliphatic heterocycles. The van der Waals surface area contributed by atoms with Crippen LogP contribution in [-0.4, -0.2) is 33.7 Å². The molecular weight excluding hydrogens is 364 g/mol. The smallest absolute Gasteiger partial charge is 0.275 e. The van der Waals surface area contributed by atoms with Crippen molar-refractivity contribution in [3.05, 3.63) is 75.7 Å². The number of carbonyl (C=O) groups excluding carboxylic acids is 1. The van der Waals surface area contributed by atoms with Crippen LogP contribution in [0.15, 0.2) is 53.3 Å². The Morgan fingerprint density at radius 3 is 2.28 bits per heavy atom. The van der Waals surface area contributed by atoms with Crippen LogP contribution in [0.4, 0.5) is 0 Å². The Bertz CT molecular complexity index is 1040. The highest BCUT2D eigenvalue weighted by molar-refractivity contribution is 5.83. The molecule has 0 saturated heterocycles. The summed E-state index contributed by atoms with van der Waals surface area (Å²) in [5, 5.41) is 8.56. The van der Waals surface area contributed by atoms with Gasteiger partial charge in [-0.2, -0.15) is 5.10 Å². The van der Waals surface area contributed by atoms with Crippen LogP contribution >= 0.6 is 0 Å². The summed E-state index contributed by atoms with van der Waals surface area (Å²) in [6, 6.07) is 15.6. The van der Waals surface area contributed by atoms with Crippen molar-refractivity contribution in [2.24, 2.45) is 0 Å². The molecule has 1 heterocycles. The van der Waals surface area contributed by atoms with Crippen LogP contribution in [0, 0.1) is 6.92 Å². The van der Waals surface area contributed by atoms with Crippen molar-refractivity contribution >= 4 is 16.7 Å². The average Bonchev–Trinajstić information content (AvgIpc) is 2.75. The molecule has 6 heteroatoms. The molecule has 0 saturated carbocycles. The Kier molecular flexibility index (Phi) is 6.77. The maximum atomic E-state index is 12.6. The molecular formula is C23H28N4O2. The Hall–Kier alpha value is -2.99. The highest BCUT2D eigenvalue weighted by atomic mass is 16.2. The van der Waals surface area contributed by atoms with Crippen molar-refractivity contribution in [2.45, 2.75) is 40.4 Å². The molecule has 6 nitrogen and oxygen atoms in total. The predicted molar refractivity (Wildman–Crippen MR) is 116 cm³/mol. The van der Waals surface area contributed by atoms with Gasteiger partial charge in [-0.25, -0.2) is 4.68 Å². The van der Waals surface area contributed by atoms with Crippen LogP contribution in [-0.2, 0) is 24.4 Å². The number of aromatic nitrogens is 2. The molecule has 0 aliphatic rings. The Morgan fingerprint density at radius 2 is 1.62 bits per heavy atom. The predicted octanol–water partition coefficient (Wildman–Crippen LogP) is 2.86. The molecule has 0 spiro atoms. The molecule has 0 fully saturated rings. The first-order valence-corrected chi connectivity index (χ1v) is 10.0. The summed E-state index contributed by atoms with van der Waals surface area (Å²) in [5.74, 6) is -0.235. The number of hydrogen-bond donors (Lipinski definition) is 1. The number of amides is 1. The van der Waals surface area contributed by atoms with E-state index in [0.717, 1.165) is 36.3 Å². The maximum absolute atomic E-state index is 12.6. The summed E-state index contributed by atoms with van der Waals surface area (Å²) < 4.78 is 1.24. The molecule has 0 bridgehead atoms. The number of nitrogens with zero attached hydrogens (tertiary/aromatic N) is 3. The molecule has 0 aliphatic carbocycles. The van der Waals surface area contributed by atoms with Gasteiger partial charge < -0.3 is 5.32 Å². The van der Waals surface area contributed by atoms with Gasteiger partial charge in [-0.3, -0.25) is 14.5 Å². The van der Waals surface area contributed by atoms with E-state index < -0.39 is 0 Å². The van der Waals surface area contributed by atoms with E-state index in [1.165, 1.54) is 10.2 Å². The van der Waals surface area contributed by atoms with Gasteiger partial charge >= 0.3 is 0 Å². The Morgan fingerprint density at radius 1 is 1.00 bits per heavy atom. The quantitative estimate of drug-likeness (QED) is 0.640. The van der Waals surface area contributed by atoms with Crippen molar-refractivity contribution in [1.29, 1.82) is 0 Å². The largest absolute Gasteiger partial charge is 0.350 e. The zero-order chi connectivity index (χ0) is 20.8. The van der Waals surface area contributed by atoms with E-state index in [1.807, 2.05) is 37.3 Å². The van der Waals surface area contributed by atoms with Crippen LogP contribution in [0.25, 0.3) is 10.8 Å². The lowest BCUT2D eigenvalue weighted by Crippen LogP contribution is -2.33. The summed E-state index contributed by atoms with van der Waals surface area (Å²) in [7, 11) is 0. The average molecular weight is 393 g/mol. The van der Waals surface area contributed by atoms with E-state index in [2.05, 4.69) is 41.3 Å². The van der Waals surface area contributed by atoms with E-state index in [4.69, 9.17) is 0 Å². The summed E-state index contributed by atoms with van der Waals surface area (Å²) >= 11 is 0. The third kappa shape index (κ3) is 5.09. The lowest BCUT2D eigenvalue weighted by atomic mass is 10.1. The van der Waals surface area contributed by atoms with Crippen molar-refractivity contribution < 1.29 is 4.79 Å². The van der Waals surface area contributed by atoms with Gasteiger partial charge in [0.1, 0.15) is 6.54 Å². The van der Waals surface area contributed by atoms with Crippen LogP contribution in [0.5, 0.6) is 0 Å². The number of carbonyl (C=O) groups is 1. The number of benzene rings is 2. The van der Waals surface area contributed by atoms with Crippen LogP contribution in [0.3, 0.4) is 0 Å². The van der Waals surface area contributed by atoms with E-state index in [-0.39, 0.29) is 18.0 Å². The van der Waals surface area contributed by atoms with Crippen LogP contribution in [0.2, 0.25) is 0 Å². The van der Waals surface area contributed by atoms with Gasteiger partial charge in [0.25, 0.3) is 5.56 Å². The van der Waals surface area contributed by atoms with E-state index in [9.17, 15) is 9.59 Å². The molecule has 152 valence electrons. The molecule has 0 radical (unpaired) electrons. The topological polar surface area (TPSA) is 67.2 Å². The molecule has 3 aromatic rings. The first kappa shape index (κ1) is 20.7. The van der Waals surface area contributed by atoms with Crippen molar-refractivity contribution in [3.63, 3.8) is 0 Å². The second-order valence-electron chi connectivity index (χ2n) is 7.15. The molecule has 29 heavy (non-hydrogen) atoms. The number of aryl methyl sites for hydroxylation is 1. The van der Waals surface area contributed by atoms with Gasteiger partial charge in [0.15, 0.2) is 0 Å². The fraction of sp³-hybridized carbons (Fsp3) is 0.348. The molecule has 0 atom stereocenters. The van der Waals surface area contributed by atoms with Gasteiger partial charge in [-0.05, 0) is 37.2 Å². The normalized spacial score (nSPS) is 11.2. The maximum Gasteiger partial charge on any atom is 0.275 e. The second-order valence-corrected chi connectivity index (χ2v) is 7.15. The standard InChI is InChI=1S/C23H28N4O2/c1-4-26(5-2)15-19-12-10-18(11-13-19)14-24-22(28)16-27-23(29)21-9-7-6-8-20(21)17(3)25-27/h6-13H,4-5,14-16H2,1-3H3,(H,24,28). The highest BCUT2D eigenvalue weighted by Gasteiger charge is 2.11. The fourth-order valence-corrected chi connectivity index (χ4v) is 3.37. The lowest BCUT2D eigenvalue weighted by molar-refractivity contribution is -0.122. The molecule has 2 aromatic carbocycles. The van der Waals surface area contributed by atoms with Crippen molar-refractivity contribution in [1.82, 2.24) is 20.0 Å². The molecule has 0 unspecified atom stereocenters. The third-order valence-corrected chi connectivity index (χ3v) is 5.16. The summed E-state index contributed by atoms with van der Waals surface area (Å²) in [4.78, 5) is 27.3. The minimum absolute atomic E-state index is 0.0927. The van der Waals surface area contributed by atoms with Crippen LogP contribution in [0.1, 0.15) is 30.7 Å². The highest BCUT2D eigenvalue weighted by Crippen LogP contribution is 2.11. The lowest BCUT2D eigenvalue weighted by Gasteiger charge is -2.18. The zero-order valence-electron chi connectivity index (χ0n) is 17.3. The first-order chi connectivity index (χ1) is 14.0. The Labute approximate surface area is 171 Å². The first-order valence-electron chi connectivity index (χ1n) is 10.0.